The number of nitrogens with one attached hydrogen (secondary N) is 1. The van der Waals surface area contributed by atoms with Crippen molar-refractivity contribution < 1.29 is 17.9 Å². The monoisotopic (exact) mass is 249 g/mol. The zero-order valence-corrected chi connectivity index (χ0v) is 10.8. The molecule has 94 valence electrons. The molecule has 16 heavy (non-hydrogen) atoms. The number of methoxy groups -OCH3 is 1. The Morgan fingerprint density at radius 3 is 2.56 bits per heavy atom. The lowest BCUT2D eigenvalue weighted by Gasteiger charge is -2.26. The number of hydrogen-bond donors (Lipinski definition) is 1. The summed E-state index contributed by atoms with van der Waals surface area (Å²) in [6.07, 6.45) is 1.05. The summed E-state index contributed by atoms with van der Waals surface area (Å²) in [5.74, 6) is -0.0321. The van der Waals surface area contributed by atoms with Crippen molar-refractivity contribution in [1.82, 2.24) is 5.32 Å². The molecular weight excluding hydrogens is 230 g/mol. The molecule has 0 aromatic carbocycles. The Morgan fingerprint density at radius 2 is 2.19 bits per heavy atom. The average molecular weight is 249 g/mol. The molecule has 1 aliphatic rings. The van der Waals surface area contributed by atoms with Gasteiger partial charge in [0.05, 0.1) is 11.5 Å². The minimum absolute atomic E-state index is 0.0439. The van der Waals surface area contributed by atoms with Crippen LogP contribution in [0.15, 0.2) is 0 Å². The third-order valence-electron chi connectivity index (χ3n) is 3.17. The second kappa shape index (κ2) is 4.71. The molecule has 0 aromatic rings. The number of sulfone groups is 1. The second-order valence-electron chi connectivity index (χ2n) is 4.36. The molecule has 1 saturated heterocycles. The SMILES string of the molecule is CCC(C)(OC)C(=O)NC1CCS(=O)(=O)C1. The van der Waals surface area contributed by atoms with E-state index in [9.17, 15) is 13.2 Å². The first-order chi connectivity index (χ1) is 7.33. The van der Waals surface area contributed by atoms with Crippen molar-refractivity contribution in [3.63, 3.8) is 0 Å². The van der Waals surface area contributed by atoms with Crippen molar-refractivity contribution in [2.45, 2.75) is 38.3 Å². The highest BCUT2D eigenvalue weighted by Gasteiger charge is 2.35. The van der Waals surface area contributed by atoms with Crippen LogP contribution in [0.1, 0.15) is 26.7 Å². The Balaban J connectivity index is 2.59. The van der Waals surface area contributed by atoms with Gasteiger partial charge in [0.2, 0.25) is 0 Å². The summed E-state index contributed by atoms with van der Waals surface area (Å²) >= 11 is 0. The van der Waals surface area contributed by atoms with Gasteiger partial charge in [0.1, 0.15) is 5.60 Å². The summed E-state index contributed by atoms with van der Waals surface area (Å²) in [7, 11) is -1.47. The Bertz CT molecular complexity index is 359. The van der Waals surface area contributed by atoms with E-state index in [0.717, 1.165) is 0 Å². The predicted molar refractivity (Wildman–Crippen MR) is 60.9 cm³/mol. The lowest BCUT2D eigenvalue weighted by atomic mass is 10.0. The van der Waals surface area contributed by atoms with E-state index in [4.69, 9.17) is 4.74 Å². The van der Waals surface area contributed by atoms with E-state index < -0.39 is 15.4 Å². The van der Waals surface area contributed by atoms with Crippen LogP contribution in [-0.4, -0.2) is 44.6 Å². The van der Waals surface area contributed by atoms with Gasteiger partial charge in [-0.25, -0.2) is 8.42 Å². The van der Waals surface area contributed by atoms with Gasteiger partial charge in [-0.2, -0.15) is 0 Å². The highest BCUT2D eigenvalue weighted by Crippen LogP contribution is 2.17. The molecule has 0 spiro atoms. The van der Waals surface area contributed by atoms with E-state index in [0.29, 0.717) is 12.8 Å². The molecule has 1 rings (SSSR count). The van der Waals surface area contributed by atoms with E-state index in [1.54, 1.807) is 6.92 Å². The number of ether oxygens (including phenoxy) is 1. The smallest absolute Gasteiger partial charge is 0.252 e. The van der Waals surface area contributed by atoms with Gasteiger partial charge in [-0.15, -0.1) is 0 Å². The van der Waals surface area contributed by atoms with Crippen molar-refractivity contribution >= 4 is 15.7 Å². The van der Waals surface area contributed by atoms with Gasteiger partial charge in [-0.05, 0) is 19.8 Å². The molecule has 0 radical (unpaired) electrons. The van der Waals surface area contributed by atoms with Crippen molar-refractivity contribution in [2.75, 3.05) is 18.6 Å². The van der Waals surface area contributed by atoms with Crippen molar-refractivity contribution in [1.29, 1.82) is 0 Å². The van der Waals surface area contributed by atoms with Crippen LogP contribution in [-0.2, 0) is 19.4 Å². The van der Waals surface area contributed by atoms with Crippen LogP contribution in [0.25, 0.3) is 0 Å². The van der Waals surface area contributed by atoms with Crippen LogP contribution in [0.3, 0.4) is 0 Å². The molecular formula is C10H19NO4S. The van der Waals surface area contributed by atoms with Crippen LogP contribution < -0.4 is 5.32 Å². The van der Waals surface area contributed by atoms with E-state index in [2.05, 4.69) is 5.32 Å². The first kappa shape index (κ1) is 13.4. The minimum atomic E-state index is -2.96. The standard InChI is InChI=1S/C10H19NO4S/c1-4-10(2,15-3)9(12)11-8-5-6-16(13,14)7-8/h8H,4-7H2,1-3H3,(H,11,12). The van der Waals surface area contributed by atoms with Crippen molar-refractivity contribution in [3.05, 3.63) is 0 Å². The summed E-state index contributed by atoms with van der Waals surface area (Å²) in [6.45, 7) is 3.56. The topological polar surface area (TPSA) is 72.5 Å². The number of rotatable bonds is 4. The fourth-order valence-electron chi connectivity index (χ4n) is 1.64. The van der Waals surface area contributed by atoms with Crippen LogP contribution in [0, 0.1) is 0 Å². The molecule has 1 aliphatic heterocycles. The van der Waals surface area contributed by atoms with E-state index in [1.165, 1.54) is 7.11 Å². The molecule has 1 fully saturated rings. The normalized spacial score (nSPS) is 27.3. The molecule has 2 unspecified atom stereocenters. The first-order valence-corrected chi connectivity index (χ1v) is 7.21. The largest absolute Gasteiger partial charge is 0.369 e. The summed E-state index contributed by atoms with van der Waals surface area (Å²) in [5, 5.41) is 2.73. The maximum absolute atomic E-state index is 11.9. The average Bonchev–Trinajstić information content (AvgIpc) is 2.56. The molecule has 0 saturated carbocycles. The maximum Gasteiger partial charge on any atom is 0.252 e. The van der Waals surface area contributed by atoms with Crippen LogP contribution >= 0.6 is 0 Å². The zero-order valence-electron chi connectivity index (χ0n) is 9.95. The summed E-state index contributed by atoms with van der Waals surface area (Å²) in [5.41, 5.74) is -0.869. The van der Waals surface area contributed by atoms with Gasteiger partial charge in [-0.1, -0.05) is 6.92 Å². The molecule has 0 bridgehead atoms. The highest BCUT2D eigenvalue weighted by molar-refractivity contribution is 7.91. The van der Waals surface area contributed by atoms with E-state index >= 15 is 0 Å². The fraction of sp³-hybridized carbons (Fsp3) is 0.900. The lowest BCUT2D eigenvalue weighted by molar-refractivity contribution is -0.142. The number of carbonyl (C=O) groups excluding carboxylic acids is 1. The summed E-state index contributed by atoms with van der Waals surface area (Å²) in [6, 6.07) is -0.265. The van der Waals surface area contributed by atoms with Gasteiger partial charge in [0.15, 0.2) is 9.84 Å². The van der Waals surface area contributed by atoms with Gasteiger partial charge in [0, 0.05) is 13.2 Å². The summed E-state index contributed by atoms with van der Waals surface area (Å²) < 4.78 is 27.6. The molecule has 2 atom stereocenters. The van der Waals surface area contributed by atoms with Crippen molar-refractivity contribution in [2.24, 2.45) is 0 Å². The van der Waals surface area contributed by atoms with Crippen LogP contribution in [0.4, 0.5) is 0 Å². The highest BCUT2D eigenvalue weighted by atomic mass is 32.2. The molecule has 0 aromatic heterocycles. The third-order valence-corrected chi connectivity index (χ3v) is 4.94. The molecule has 6 heteroatoms. The van der Waals surface area contributed by atoms with Crippen LogP contribution in [0.2, 0.25) is 0 Å². The number of carbonyl (C=O) groups is 1. The van der Waals surface area contributed by atoms with Crippen molar-refractivity contribution in [3.8, 4) is 0 Å². The van der Waals surface area contributed by atoms with Gasteiger partial charge < -0.3 is 10.1 Å². The Labute approximate surface area is 96.5 Å². The molecule has 1 N–H and O–H groups in total. The molecule has 5 nitrogen and oxygen atoms in total. The molecule has 0 aliphatic carbocycles. The summed E-state index contributed by atoms with van der Waals surface area (Å²) in [4.78, 5) is 11.9. The number of hydrogen-bond acceptors (Lipinski definition) is 4. The molecule has 1 heterocycles. The third kappa shape index (κ3) is 2.95. The van der Waals surface area contributed by atoms with Crippen LogP contribution in [0.5, 0.6) is 0 Å². The Morgan fingerprint density at radius 1 is 1.56 bits per heavy atom. The quantitative estimate of drug-likeness (QED) is 0.767. The second-order valence-corrected chi connectivity index (χ2v) is 6.59. The molecule has 1 amide bonds. The Kier molecular flexibility index (Phi) is 3.96. The predicted octanol–water partition coefficient (Wildman–Crippen LogP) is 0.105. The van der Waals surface area contributed by atoms with E-state index in [-0.39, 0.29) is 23.5 Å². The van der Waals surface area contributed by atoms with Gasteiger partial charge in [0.25, 0.3) is 5.91 Å². The van der Waals surface area contributed by atoms with Gasteiger partial charge in [-0.3, -0.25) is 4.79 Å². The fourth-order valence-corrected chi connectivity index (χ4v) is 3.32. The maximum atomic E-state index is 11.9. The van der Waals surface area contributed by atoms with E-state index in [1.807, 2.05) is 6.92 Å². The number of amides is 1. The van der Waals surface area contributed by atoms with Gasteiger partial charge >= 0.3 is 0 Å². The minimum Gasteiger partial charge on any atom is -0.369 e. The Hall–Kier alpha value is -0.620. The lowest BCUT2D eigenvalue weighted by Crippen LogP contribution is -2.49. The first-order valence-electron chi connectivity index (χ1n) is 5.39. The zero-order chi connectivity index (χ0) is 12.4.